The van der Waals surface area contributed by atoms with Gasteiger partial charge in [-0.1, -0.05) is 17.7 Å². The van der Waals surface area contributed by atoms with Crippen molar-refractivity contribution in [2.24, 2.45) is 5.41 Å². The van der Waals surface area contributed by atoms with Gasteiger partial charge in [-0.15, -0.1) is 0 Å². The molecule has 0 atom stereocenters. The molecule has 5 nitrogen and oxygen atoms in total. The standard InChI is InChI=1S/C16H25NO4/c1-12-5-6-14(21-11-16(2,3)15(18)19)13(9-12)10-17-7-8-20-4/h5-6,9,17H,7-8,10-11H2,1-4H3,(H,18,19). The van der Waals surface area contributed by atoms with Crippen LogP contribution in [-0.4, -0.2) is 37.9 Å². The maximum atomic E-state index is 11.1. The number of rotatable bonds is 9. The van der Waals surface area contributed by atoms with Gasteiger partial charge in [0.25, 0.3) is 0 Å². The maximum Gasteiger partial charge on any atom is 0.312 e. The topological polar surface area (TPSA) is 67.8 Å². The summed E-state index contributed by atoms with van der Waals surface area (Å²) in [5.41, 5.74) is 1.25. The first-order valence-corrected chi connectivity index (χ1v) is 7.02. The lowest BCUT2D eigenvalue weighted by Crippen LogP contribution is -2.31. The van der Waals surface area contributed by atoms with Crippen molar-refractivity contribution >= 4 is 5.97 Å². The second kappa shape index (κ2) is 8.00. The van der Waals surface area contributed by atoms with Crippen LogP contribution < -0.4 is 10.1 Å². The van der Waals surface area contributed by atoms with Crippen molar-refractivity contribution in [1.29, 1.82) is 0 Å². The molecule has 1 aromatic carbocycles. The molecule has 0 radical (unpaired) electrons. The maximum absolute atomic E-state index is 11.1. The minimum Gasteiger partial charge on any atom is -0.492 e. The van der Waals surface area contributed by atoms with Crippen LogP contribution in [0.2, 0.25) is 0 Å². The molecule has 0 bridgehead atoms. The van der Waals surface area contributed by atoms with E-state index in [0.29, 0.717) is 13.2 Å². The van der Waals surface area contributed by atoms with Gasteiger partial charge in [0.05, 0.1) is 12.0 Å². The van der Waals surface area contributed by atoms with Gasteiger partial charge in [0, 0.05) is 25.8 Å². The van der Waals surface area contributed by atoms with Gasteiger partial charge in [0.15, 0.2) is 0 Å². The Morgan fingerprint density at radius 2 is 2.10 bits per heavy atom. The third kappa shape index (κ3) is 5.73. The minimum atomic E-state index is -0.911. The van der Waals surface area contributed by atoms with E-state index in [1.165, 1.54) is 0 Å². The van der Waals surface area contributed by atoms with E-state index >= 15 is 0 Å². The summed E-state index contributed by atoms with van der Waals surface area (Å²) >= 11 is 0. The quantitative estimate of drug-likeness (QED) is 0.684. The molecular weight excluding hydrogens is 270 g/mol. The molecule has 0 heterocycles. The lowest BCUT2D eigenvalue weighted by Gasteiger charge is -2.21. The number of methoxy groups -OCH3 is 1. The van der Waals surface area contributed by atoms with Crippen molar-refractivity contribution in [3.8, 4) is 5.75 Å². The molecule has 0 spiro atoms. The van der Waals surface area contributed by atoms with Crippen LogP contribution in [0.25, 0.3) is 0 Å². The van der Waals surface area contributed by atoms with Crippen LogP contribution in [0.3, 0.4) is 0 Å². The smallest absolute Gasteiger partial charge is 0.312 e. The van der Waals surface area contributed by atoms with Crippen LogP contribution in [0.15, 0.2) is 18.2 Å². The van der Waals surface area contributed by atoms with Crippen molar-refractivity contribution in [3.63, 3.8) is 0 Å². The predicted octanol–water partition coefficient (Wildman–Crippen LogP) is 2.22. The number of aryl methyl sites for hydroxylation is 1. The van der Waals surface area contributed by atoms with Gasteiger partial charge in [-0.25, -0.2) is 0 Å². The fourth-order valence-electron chi connectivity index (χ4n) is 1.70. The van der Waals surface area contributed by atoms with E-state index in [4.69, 9.17) is 14.6 Å². The zero-order valence-electron chi connectivity index (χ0n) is 13.2. The molecule has 0 aromatic heterocycles. The van der Waals surface area contributed by atoms with Crippen molar-refractivity contribution in [1.82, 2.24) is 5.32 Å². The number of benzene rings is 1. The monoisotopic (exact) mass is 295 g/mol. The Hall–Kier alpha value is -1.59. The molecule has 0 saturated heterocycles. The van der Waals surface area contributed by atoms with Gasteiger partial charge in [-0.2, -0.15) is 0 Å². The van der Waals surface area contributed by atoms with Crippen LogP contribution in [0.5, 0.6) is 5.75 Å². The molecule has 2 N–H and O–H groups in total. The highest BCUT2D eigenvalue weighted by molar-refractivity contribution is 5.73. The lowest BCUT2D eigenvalue weighted by molar-refractivity contribution is -0.148. The second-order valence-electron chi connectivity index (χ2n) is 5.76. The van der Waals surface area contributed by atoms with Gasteiger partial charge < -0.3 is 19.9 Å². The van der Waals surface area contributed by atoms with Gasteiger partial charge in [0.2, 0.25) is 0 Å². The Kier molecular flexibility index (Phi) is 6.65. The summed E-state index contributed by atoms with van der Waals surface area (Å²) in [5.74, 6) is -0.144. The average molecular weight is 295 g/mol. The summed E-state index contributed by atoms with van der Waals surface area (Å²) in [6.07, 6.45) is 0. The van der Waals surface area contributed by atoms with Crippen LogP contribution in [0.1, 0.15) is 25.0 Å². The lowest BCUT2D eigenvalue weighted by atomic mass is 9.95. The molecule has 21 heavy (non-hydrogen) atoms. The molecule has 0 saturated carbocycles. The average Bonchev–Trinajstić information content (AvgIpc) is 2.42. The molecule has 0 unspecified atom stereocenters. The van der Waals surface area contributed by atoms with Gasteiger partial charge in [-0.05, 0) is 26.8 Å². The number of carbonyl (C=O) groups is 1. The SMILES string of the molecule is COCCNCc1cc(C)ccc1OCC(C)(C)C(=O)O. The van der Waals surface area contributed by atoms with E-state index in [1.807, 2.05) is 25.1 Å². The van der Waals surface area contributed by atoms with Crippen molar-refractivity contribution in [2.45, 2.75) is 27.3 Å². The first-order valence-electron chi connectivity index (χ1n) is 7.02. The number of carboxylic acids is 1. The number of carboxylic acid groups (broad SMARTS) is 1. The van der Waals surface area contributed by atoms with E-state index in [0.717, 1.165) is 23.4 Å². The normalized spacial score (nSPS) is 11.4. The largest absolute Gasteiger partial charge is 0.492 e. The minimum absolute atomic E-state index is 0.135. The van der Waals surface area contributed by atoms with Crippen LogP contribution in [-0.2, 0) is 16.1 Å². The van der Waals surface area contributed by atoms with Gasteiger partial charge >= 0.3 is 5.97 Å². The highest BCUT2D eigenvalue weighted by Gasteiger charge is 2.28. The molecule has 0 aliphatic rings. The molecular formula is C16H25NO4. The van der Waals surface area contributed by atoms with E-state index in [2.05, 4.69) is 5.32 Å². The molecule has 0 fully saturated rings. The fourth-order valence-corrected chi connectivity index (χ4v) is 1.70. The zero-order valence-corrected chi connectivity index (χ0v) is 13.2. The summed E-state index contributed by atoms with van der Waals surface area (Å²) in [7, 11) is 1.66. The Morgan fingerprint density at radius 3 is 2.71 bits per heavy atom. The molecule has 0 amide bonds. The second-order valence-corrected chi connectivity index (χ2v) is 5.76. The number of hydrogen-bond acceptors (Lipinski definition) is 4. The highest BCUT2D eigenvalue weighted by Crippen LogP contribution is 2.23. The van der Waals surface area contributed by atoms with Gasteiger partial charge in [0.1, 0.15) is 12.4 Å². The van der Waals surface area contributed by atoms with Crippen LogP contribution in [0, 0.1) is 12.3 Å². The zero-order chi connectivity index (χ0) is 15.9. The highest BCUT2D eigenvalue weighted by atomic mass is 16.5. The molecule has 0 aliphatic heterocycles. The van der Waals surface area contributed by atoms with Crippen molar-refractivity contribution in [2.75, 3.05) is 26.9 Å². The molecule has 1 rings (SSSR count). The summed E-state index contributed by atoms with van der Waals surface area (Å²) in [6, 6.07) is 5.89. The first kappa shape index (κ1) is 17.5. The summed E-state index contributed by atoms with van der Waals surface area (Å²) in [5, 5.41) is 12.4. The Balaban J connectivity index is 2.70. The van der Waals surface area contributed by atoms with E-state index < -0.39 is 11.4 Å². The summed E-state index contributed by atoms with van der Waals surface area (Å²) in [6.45, 7) is 7.52. The molecule has 5 heteroatoms. The van der Waals surface area contributed by atoms with Crippen molar-refractivity contribution in [3.05, 3.63) is 29.3 Å². The first-order chi connectivity index (χ1) is 9.86. The number of ether oxygens (including phenoxy) is 2. The third-order valence-corrected chi connectivity index (χ3v) is 3.18. The Bertz CT molecular complexity index is 471. The fraction of sp³-hybridized carbons (Fsp3) is 0.562. The predicted molar refractivity (Wildman–Crippen MR) is 81.7 cm³/mol. The van der Waals surface area contributed by atoms with Crippen LogP contribution >= 0.6 is 0 Å². The third-order valence-electron chi connectivity index (χ3n) is 3.18. The summed E-state index contributed by atoms with van der Waals surface area (Å²) in [4.78, 5) is 11.1. The molecule has 118 valence electrons. The number of nitrogens with one attached hydrogen (secondary N) is 1. The van der Waals surface area contributed by atoms with E-state index in [1.54, 1.807) is 21.0 Å². The number of hydrogen-bond donors (Lipinski definition) is 2. The van der Waals surface area contributed by atoms with E-state index in [9.17, 15) is 4.79 Å². The number of aliphatic carboxylic acids is 1. The molecule has 1 aromatic rings. The van der Waals surface area contributed by atoms with Crippen molar-refractivity contribution < 1.29 is 19.4 Å². The summed E-state index contributed by atoms with van der Waals surface area (Å²) < 4.78 is 10.7. The Labute approximate surface area is 126 Å². The van der Waals surface area contributed by atoms with Crippen LogP contribution in [0.4, 0.5) is 0 Å². The van der Waals surface area contributed by atoms with Gasteiger partial charge in [-0.3, -0.25) is 4.79 Å². The van der Waals surface area contributed by atoms with E-state index in [-0.39, 0.29) is 6.61 Å². The Morgan fingerprint density at radius 1 is 1.38 bits per heavy atom. The molecule has 0 aliphatic carbocycles.